The molecule has 186 valence electrons. The number of hydrogen-bond donors (Lipinski definition) is 0. The number of nitrogens with zero attached hydrogens (tertiary/aromatic N) is 3. The highest BCUT2D eigenvalue weighted by molar-refractivity contribution is 5.93. The van der Waals surface area contributed by atoms with Crippen LogP contribution in [0, 0.1) is 51.2 Å². The predicted molar refractivity (Wildman–Crippen MR) is 139 cm³/mol. The van der Waals surface area contributed by atoms with Gasteiger partial charge in [-0.25, -0.2) is 0 Å². The van der Waals surface area contributed by atoms with Crippen LogP contribution in [0.4, 0.5) is 0 Å². The molecule has 2 aliphatic heterocycles. The largest absolute Gasteiger partial charge is 0.497 e. The van der Waals surface area contributed by atoms with Gasteiger partial charge in [0.25, 0.3) is 0 Å². The van der Waals surface area contributed by atoms with Gasteiger partial charge in [-0.3, -0.25) is 4.79 Å². The number of benzene rings is 2. The molecule has 3 unspecified atom stereocenters. The van der Waals surface area contributed by atoms with Gasteiger partial charge in [-0.1, -0.05) is 36.4 Å². The van der Waals surface area contributed by atoms with Crippen LogP contribution in [0.15, 0.2) is 54.7 Å². The molecule has 4 bridgehead atoms. The lowest BCUT2D eigenvalue weighted by Crippen LogP contribution is -2.55. The van der Waals surface area contributed by atoms with E-state index in [-0.39, 0.29) is 11.2 Å². The van der Waals surface area contributed by atoms with Gasteiger partial charge in [-0.15, -0.1) is 0 Å². The monoisotopic (exact) mass is 489 g/mol. The van der Waals surface area contributed by atoms with Gasteiger partial charge in [0, 0.05) is 17.5 Å². The number of ether oxygens (including phenoxy) is 1. The second kappa shape index (κ2) is 7.96. The molecule has 5 fully saturated rings. The lowest BCUT2D eigenvalue weighted by atomic mass is 9.47. The average Bonchev–Trinajstić information content (AvgIpc) is 3.23. The Hall–Kier alpha value is -3.57. The standard InChI is InChI=1S/C32H31N3O2/c1-37-25-7-4-6-24(14-25)27-28(30(36)31-15-20-11-21(16-31)13-22(12-20)17-31)35-10-9-23-5-2-3-8-26(23)29(35)32(27,18-33)19-34/h2-10,14,20-22,27-29H,11-13,15-17H2,1H3. The van der Waals surface area contributed by atoms with Gasteiger partial charge in [0.1, 0.15) is 5.75 Å². The normalized spacial score (nSPS) is 35.8. The second-order valence-corrected chi connectivity index (χ2v) is 12.1. The molecule has 0 amide bonds. The maximum absolute atomic E-state index is 15.0. The average molecular weight is 490 g/mol. The molecule has 0 radical (unpaired) electrons. The molecule has 2 heterocycles. The summed E-state index contributed by atoms with van der Waals surface area (Å²) in [6, 6.07) is 19.5. The third-order valence-electron chi connectivity index (χ3n) is 10.2. The highest BCUT2D eigenvalue weighted by Gasteiger charge is 2.67. The predicted octanol–water partition coefficient (Wildman–Crippen LogP) is 6.01. The van der Waals surface area contributed by atoms with E-state index >= 15 is 0 Å². The van der Waals surface area contributed by atoms with Gasteiger partial charge >= 0.3 is 0 Å². The van der Waals surface area contributed by atoms with Crippen molar-refractivity contribution in [3.05, 3.63) is 71.4 Å². The summed E-state index contributed by atoms with van der Waals surface area (Å²) in [7, 11) is 1.62. The highest BCUT2D eigenvalue weighted by atomic mass is 16.5. The van der Waals surface area contributed by atoms with Crippen LogP contribution in [0.3, 0.4) is 0 Å². The third kappa shape index (κ3) is 3.04. The zero-order chi connectivity index (χ0) is 25.4. The first-order chi connectivity index (χ1) is 18.0. The maximum Gasteiger partial charge on any atom is 0.177 e. The van der Waals surface area contributed by atoms with Crippen molar-refractivity contribution in [1.82, 2.24) is 4.90 Å². The second-order valence-electron chi connectivity index (χ2n) is 12.1. The molecular formula is C32H31N3O2. The van der Waals surface area contributed by atoms with Gasteiger partial charge in [0.05, 0.1) is 31.3 Å². The number of methoxy groups -OCH3 is 1. The first kappa shape index (κ1) is 22.6. The van der Waals surface area contributed by atoms with E-state index < -0.39 is 23.4 Å². The van der Waals surface area contributed by atoms with E-state index in [0.717, 1.165) is 36.0 Å². The van der Waals surface area contributed by atoms with Crippen LogP contribution in [-0.2, 0) is 4.79 Å². The topological polar surface area (TPSA) is 77.1 Å². The SMILES string of the molecule is COc1cccc(C2C(C(=O)C34CC5CC(CC(C5)C3)C4)N3C=Cc4ccccc4C3C2(C#N)C#N)c1. The van der Waals surface area contributed by atoms with Crippen molar-refractivity contribution < 1.29 is 9.53 Å². The number of ketones is 1. The Morgan fingerprint density at radius 2 is 1.65 bits per heavy atom. The van der Waals surface area contributed by atoms with Crippen molar-refractivity contribution in [2.24, 2.45) is 28.6 Å². The first-order valence-corrected chi connectivity index (χ1v) is 13.6. The zero-order valence-electron chi connectivity index (χ0n) is 21.1. The van der Waals surface area contributed by atoms with Crippen LogP contribution in [0.2, 0.25) is 0 Å². The van der Waals surface area contributed by atoms with Crippen LogP contribution >= 0.6 is 0 Å². The van der Waals surface area contributed by atoms with E-state index in [2.05, 4.69) is 17.0 Å². The van der Waals surface area contributed by atoms with E-state index in [1.165, 1.54) is 19.3 Å². The number of carbonyl (C=O) groups excluding carboxylic acids is 1. The van der Waals surface area contributed by atoms with Gasteiger partial charge in [0.15, 0.2) is 11.2 Å². The molecule has 5 heteroatoms. The molecule has 5 nitrogen and oxygen atoms in total. The Labute approximate surface area is 218 Å². The van der Waals surface area contributed by atoms with Gasteiger partial charge in [-0.2, -0.15) is 10.5 Å². The van der Waals surface area contributed by atoms with Gasteiger partial charge in [-0.05, 0) is 91.2 Å². The minimum atomic E-state index is -1.42. The highest BCUT2D eigenvalue weighted by Crippen LogP contribution is 2.65. The van der Waals surface area contributed by atoms with Crippen LogP contribution in [0.25, 0.3) is 6.08 Å². The maximum atomic E-state index is 15.0. The first-order valence-electron chi connectivity index (χ1n) is 13.6. The summed E-state index contributed by atoms with van der Waals surface area (Å²) in [4.78, 5) is 17.1. The summed E-state index contributed by atoms with van der Waals surface area (Å²) in [5, 5.41) is 21.6. The summed E-state index contributed by atoms with van der Waals surface area (Å²) in [6.07, 6.45) is 10.7. The van der Waals surface area contributed by atoms with Crippen molar-refractivity contribution in [2.45, 2.75) is 56.5 Å². The molecule has 0 N–H and O–H groups in total. The third-order valence-corrected chi connectivity index (χ3v) is 10.2. The fourth-order valence-corrected chi connectivity index (χ4v) is 9.23. The van der Waals surface area contributed by atoms with Crippen molar-refractivity contribution in [3.8, 4) is 17.9 Å². The number of rotatable bonds is 4. The minimum absolute atomic E-state index is 0.251. The van der Waals surface area contributed by atoms with Crippen LogP contribution in [-0.4, -0.2) is 23.8 Å². The number of carbonyl (C=O) groups is 1. The van der Waals surface area contributed by atoms with Gasteiger partial charge in [0.2, 0.25) is 0 Å². The van der Waals surface area contributed by atoms with Crippen LogP contribution in [0.5, 0.6) is 5.75 Å². The van der Waals surface area contributed by atoms with E-state index in [4.69, 9.17) is 4.74 Å². The van der Waals surface area contributed by atoms with E-state index in [9.17, 15) is 15.3 Å². The Morgan fingerprint density at radius 3 is 2.30 bits per heavy atom. The fourth-order valence-electron chi connectivity index (χ4n) is 9.23. The summed E-state index contributed by atoms with van der Waals surface area (Å²) >= 11 is 0. The number of nitriles is 2. The van der Waals surface area contributed by atoms with Crippen molar-refractivity contribution >= 4 is 11.9 Å². The molecule has 4 aliphatic carbocycles. The minimum Gasteiger partial charge on any atom is -0.497 e. The summed E-state index contributed by atoms with van der Waals surface area (Å²) in [5.41, 5.74) is 1.02. The summed E-state index contributed by atoms with van der Waals surface area (Å²) in [5.74, 6) is 2.25. The summed E-state index contributed by atoms with van der Waals surface area (Å²) in [6.45, 7) is 0. The van der Waals surface area contributed by atoms with E-state index in [1.54, 1.807) is 7.11 Å². The molecule has 0 spiro atoms. The van der Waals surface area contributed by atoms with E-state index in [0.29, 0.717) is 23.5 Å². The van der Waals surface area contributed by atoms with Crippen molar-refractivity contribution in [2.75, 3.05) is 7.11 Å². The molecular weight excluding hydrogens is 458 g/mol. The van der Waals surface area contributed by atoms with E-state index in [1.807, 2.05) is 60.8 Å². The molecule has 0 aromatic heterocycles. The number of Topliss-reactive ketones (excluding diaryl/α,β-unsaturated/α-hetero) is 1. The Balaban J connectivity index is 1.43. The Kier molecular flexibility index (Phi) is 4.87. The molecule has 8 rings (SSSR count). The van der Waals surface area contributed by atoms with Crippen LogP contribution < -0.4 is 4.74 Å². The molecule has 37 heavy (non-hydrogen) atoms. The molecule has 3 atom stereocenters. The van der Waals surface area contributed by atoms with Crippen molar-refractivity contribution in [1.29, 1.82) is 10.5 Å². The molecule has 1 saturated heterocycles. The molecule has 2 aromatic rings. The Morgan fingerprint density at radius 1 is 0.973 bits per heavy atom. The summed E-state index contributed by atoms with van der Waals surface area (Å²) < 4.78 is 5.54. The van der Waals surface area contributed by atoms with Gasteiger partial charge < -0.3 is 9.64 Å². The quantitative estimate of drug-likeness (QED) is 0.526. The number of hydrogen-bond acceptors (Lipinski definition) is 5. The van der Waals surface area contributed by atoms with Crippen molar-refractivity contribution in [3.63, 3.8) is 0 Å². The lowest BCUT2D eigenvalue weighted by molar-refractivity contribution is -0.148. The molecule has 2 aromatic carbocycles. The number of fused-ring (bicyclic) bond motifs is 3. The molecule has 6 aliphatic rings. The van der Waals surface area contributed by atoms with Crippen LogP contribution in [0.1, 0.15) is 67.2 Å². The molecule has 4 saturated carbocycles. The Bertz CT molecular complexity index is 1350. The lowest BCUT2D eigenvalue weighted by Gasteiger charge is -2.57. The smallest absolute Gasteiger partial charge is 0.177 e. The fraction of sp³-hybridized carbons (Fsp3) is 0.469. The zero-order valence-corrected chi connectivity index (χ0v) is 21.1.